The fourth-order valence-corrected chi connectivity index (χ4v) is 4.63. The lowest BCUT2D eigenvalue weighted by Gasteiger charge is -2.10. The first kappa shape index (κ1) is 16.1. The molecule has 0 radical (unpaired) electrons. The average Bonchev–Trinajstić information content (AvgIpc) is 3.12. The highest BCUT2D eigenvalue weighted by molar-refractivity contribution is 7.19. The Hall–Kier alpha value is -2.41. The van der Waals surface area contributed by atoms with E-state index < -0.39 is 5.97 Å². The number of rotatable bonds is 3. The third-order valence-corrected chi connectivity index (χ3v) is 5.67. The van der Waals surface area contributed by atoms with E-state index in [1.807, 2.05) is 0 Å². The van der Waals surface area contributed by atoms with E-state index in [9.17, 15) is 4.79 Å². The minimum Gasteiger partial charge on any atom is -0.466 e. The number of esters is 1. The highest BCUT2D eigenvalue weighted by Gasteiger charge is 2.21. The molecule has 0 atom stereocenters. The minimum absolute atomic E-state index is 0.00872. The Balaban J connectivity index is 1.58. The van der Waals surface area contributed by atoms with Crippen LogP contribution in [0.2, 0.25) is 0 Å². The first-order valence-corrected chi connectivity index (χ1v) is 9.15. The normalized spacial score (nSPS) is 13.8. The molecule has 6 nitrogen and oxygen atoms in total. The van der Waals surface area contributed by atoms with Gasteiger partial charge in [0.25, 0.3) is 0 Å². The number of nitrogens with two attached hydrogens (primary N) is 1. The molecular weight excluding hydrogens is 338 g/mol. The molecule has 0 unspecified atom stereocenters. The summed E-state index contributed by atoms with van der Waals surface area (Å²) in [5, 5.41) is 0.982. The van der Waals surface area contributed by atoms with Gasteiger partial charge in [-0.25, -0.2) is 14.8 Å². The smallest absolute Gasteiger partial charge is 0.342 e. The summed E-state index contributed by atoms with van der Waals surface area (Å²) in [4.78, 5) is 23.4. The number of anilines is 1. The number of furan rings is 1. The number of aromatic nitrogens is 2. The van der Waals surface area contributed by atoms with Crippen LogP contribution in [0.15, 0.2) is 10.5 Å². The van der Waals surface area contributed by atoms with Crippen LogP contribution in [0, 0.1) is 13.8 Å². The highest BCUT2D eigenvalue weighted by atomic mass is 32.1. The van der Waals surface area contributed by atoms with Gasteiger partial charge in [-0.3, -0.25) is 0 Å². The summed E-state index contributed by atoms with van der Waals surface area (Å²) in [6, 6.07) is 1.67. The number of carbonyl (C=O) groups excluding carboxylic acids is 1. The lowest BCUT2D eigenvalue weighted by Crippen LogP contribution is -2.09. The third-order valence-electron chi connectivity index (χ3n) is 4.48. The Morgan fingerprint density at radius 2 is 2.12 bits per heavy atom. The molecule has 0 saturated heterocycles. The zero-order chi connectivity index (χ0) is 17.6. The lowest BCUT2D eigenvalue weighted by molar-refractivity contribution is 0.0461. The van der Waals surface area contributed by atoms with Gasteiger partial charge in [0.05, 0.1) is 5.39 Å². The summed E-state index contributed by atoms with van der Waals surface area (Å²) < 4.78 is 10.7. The standard InChI is InChI=1S/C18H19N3O3S/c1-9-7-12(10(2)24-9)18(22)23-8-14-20-16(19)15-11-5-3-4-6-13(11)25-17(15)21-14/h7H,3-6,8H2,1-2H3,(H2,19,20,21). The molecule has 130 valence electrons. The lowest BCUT2D eigenvalue weighted by atomic mass is 9.97. The van der Waals surface area contributed by atoms with E-state index in [1.165, 1.54) is 23.3 Å². The molecule has 1 aliphatic rings. The molecule has 7 heteroatoms. The number of nitrogens with zero attached hydrogens (tertiary/aromatic N) is 2. The fraction of sp³-hybridized carbons (Fsp3) is 0.389. The second kappa shape index (κ2) is 6.15. The number of hydrogen-bond acceptors (Lipinski definition) is 7. The largest absolute Gasteiger partial charge is 0.466 e. The number of nitrogen functional groups attached to an aromatic ring is 1. The van der Waals surface area contributed by atoms with Gasteiger partial charge in [-0.1, -0.05) is 0 Å². The van der Waals surface area contributed by atoms with Crippen LogP contribution in [0.1, 0.15) is 51.0 Å². The van der Waals surface area contributed by atoms with E-state index in [0.29, 0.717) is 28.7 Å². The Morgan fingerprint density at radius 3 is 2.88 bits per heavy atom. The Bertz CT molecular complexity index is 974. The van der Waals surface area contributed by atoms with Crippen LogP contribution in [0.5, 0.6) is 0 Å². The zero-order valence-electron chi connectivity index (χ0n) is 14.2. The summed E-state index contributed by atoms with van der Waals surface area (Å²) in [6.45, 7) is 3.52. The molecule has 4 rings (SSSR count). The molecule has 3 aromatic rings. The molecule has 3 aromatic heterocycles. The van der Waals surface area contributed by atoms with E-state index in [2.05, 4.69) is 9.97 Å². The highest BCUT2D eigenvalue weighted by Crippen LogP contribution is 2.37. The second-order valence-electron chi connectivity index (χ2n) is 6.32. The summed E-state index contributed by atoms with van der Waals surface area (Å²) in [7, 11) is 0. The van der Waals surface area contributed by atoms with Crippen molar-refractivity contribution in [2.75, 3.05) is 5.73 Å². The van der Waals surface area contributed by atoms with Crippen LogP contribution in [0.3, 0.4) is 0 Å². The SMILES string of the molecule is Cc1cc(C(=O)OCc2nc(N)c3c4c(sc3n2)CCCC4)c(C)o1. The molecule has 0 aliphatic heterocycles. The monoisotopic (exact) mass is 357 g/mol. The molecule has 0 amide bonds. The van der Waals surface area contributed by atoms with Crippen molar-refractivity contribution in [3.63, 3.8) is 0 Å². The maximum atomic E-state index is 12.2. The van der Waals surface area contributed by atoms with Crippen molar-refractivity contribution in [2.24, 2.45) is 0 Å². The molecule has 1 aliphatic carbocycles. The van der Waals surface area contributed by atoms with E-state index in [0.717, 1.165) is 23.1 Å². The van der Waals surface area contributed by atoms with Gasteiger partial charge in [0, 0.05) is 4.88 Å². The number of thiophene rings is 1. The average molecular weight is 357 g/mol. The number of aryl methyl sites for hydroxylation is 4. The van der Waals surface area contributed by atoms with Gasteiger partial charge in [0.15, 0.2) is 12.4 Å². The third kappa shape index (κ3) is 2.89. The van der Waals surface area contributed by atoms with Crippen molar-refractivity contribution >= 4 is 33.3 Å². The molecule has 0 spiro atoms. The molecule has 0 bridgehead atoms. The van der Waals surface area contributed by atoms with Gasteiger partial charge < -0.3 is 14.9 Å². The van der Waals surface area contributed by atoms with Crippen LogP contribution in [-0.2, 0) is 24.2 Å². The van der Waals surface area contributed by atoms with Crippen LogP contribution >= 0.6 is 11.3 Å². The van der Waals surface area contributed by atoms with Gasteiger partial charge in [0.1, 0.15) is 27.7 Å². The van der Waals surface area contributed by atoms with Crippen molar-refractivity contribution in [1.82, 2.24) is 9.97 Å². The van der Waals surface area contributed by atoms with E-state index in [1.54, 1.807) is 31.3 Å². The first-order chi connectivity index (χ1) is 12.0. The summed E-state index contributed by atoms with van der Waals surface area (Å²) in [5.41, 5.74) is 7.90. The summed E-state index contributed by atoms with van der Waals surface area (Å²) in [5.74, 6) is 1.68. The minimum atomic E-state index is -0.443. The van der Waals surface area contributed by atoms with Crippen LogP contribution in [0.4, 0.5) is 5.82 Å². The quantitative estimate of drug-likeness (QED) is 0.718. The zero-order valence-corrected chi connectivity index (χ0v) is 15.0. The summed E-state index contributed by atoms with van der Waals surface area (Å²) in [6.07, 6.45) is 4.51. The van der Waals surface area contributed by atoms with Gasteiger partial charge in [0.2, 0.25) is 0 Å². The molecule has 2 N–H and O–H groups in total. The van der Waals surface area contributed by atoms with Crippen LogP contribution in [-0.4, -0.2) is 15.9 Å². The number of fused-ring (bicyclic) bond motifs is 3. The molecule has 25 heavy (non-hydrogen) atoms. The van der Waals surface area contributed by atoms with Gasteiger partial charge in [-0.2, -0.15) is 0 Å². The van der Waals surface area contributed by atoms with Gasteiger partial charge >= 0.3 is 5.97 Å². The maximum Gasteiger partial charge on any atom is 0.342 e. The van der Waals surface area contributed by atoms with E-state index >= 15 is 0 Å². The Kier molecular flexibility index (Phi) is 3.95. The van der Waals surface area contributed by atoms with Crippen LogP contribution in [0.25, 0.3) is 10.2 Å². The van der Waals surface area contributed by atoms with E-state index in [4.69, 9.17) is 14.9 Å². The predicted molar refractivity (Wildman–Crippen MR) is 95.8 cm³/mol. The molecule has 0 aromatic carbocycles. The second-order valence-corrected chi connectivity index (χ2v) is 7.40. The molecule has 0 fully saturated rings. The molecular formula is C18H19N3O3S. The number of ether oxygens (including phenoxy) is 1. The molecule has 3 heterocycles. The fourth-order valence-electron chi connectivity index (χ4n) is 3.34. The number of carbonyl (C=O) groups is 1. The van der Waals surface area contributed by atoms with Gasteiger partial charge in [-0.05, 0) is 51.2 Å². The Labute approximate surface area is 149 Å². The first-order valence-electron chi connectivity index (χ1n) is 8.33. The maximum absolute atomic E-state index is 12.2. The van der Waals surface area contributed by atoms with Crippen LogP contribution < -0.4 is 5.73 Å². The van der Waals surface area contributed by atoms with Crippen molar-refractivity contribution in [2.45, 2.75) is 46.1 Å². The van der Waals surface area contributed by atoms with Gasteiger partial charge in [-0.15, -0.1) is 11.3 Å². The predicted octanol–water partition coefficient (Wildman–Crippen LogP) is 3.72. The van der Waals surface area contributed by atoms with Crippen molar-refractivity contribution in [3.8, 4) is 0 Å². The topological polar surface area (TPSA) is 91.2 Å². The van der Waals surface area contributed by atoms with Crippen molar-refractivity contribution in [3.05, 3.63) is 39.4 Å². The van der Waals surface area contributed by atoms with E-state index in [-0.39, 0.29) is 6.61 Å². The molecule has 0 saturated carbocycles. The van der Waals surface area contributed by atoms with Crippen molar-refractivity contribution < 1.29 is 13.9 Å². The summed E-state index contributed by atoms with van der Waals surface area (Å²) >= 11 is 1.68. The number of hydrogen-bond donors (Lipinski definition) is 1. The Morgan fingerprint density at radius 1 is 1.32 bits per heavy atom. The van der Waals surface area contributed by atoms with Crippen molar-refractivity contribution in [1.29, 1.82) is 0 Å².